The van der Waals surface area contributed by atoms with Crippen LogP contribution in [0.4, 0.5) is 11.4 Å². The average molecular weight is 424 g/mol. The monoisotopic (exact) mass is 423 g/mol. The number of guanidine groups is 1. The smallest absolute Gasteiger partial charge is 0.247 e. The standard InChI is InChI=1S/C22H29N7O2/c23-15-25-22(26-17-7-6-16-8-9-24-19(16)13-17)27-18-5-1-2-12-29(21(18)31)14-20(30)28-10-3-4-11-28/h6-7,13,18,24H,1-5,8-12,14H2,(H2,25,26,27). The maximum Gasteiger partial charge on any atom is 0.247 e. The molecule has 0 radical (unpaired) electrons. The molecule has 2 amide bonds. The highest BCUT2D eigenvalue weighted by Crippen LogP contribution is 2.25. The van der Waals surface area contributed by atoms with Crippen LogP contribution < -0.4 is 16.0 Å². The molecule has 164 valence electrons. The number of carbonyl (C=O) groups excluding carboxylic acids is 2. The lowest BCUT2D eigenvalue weighted by Crippen LogP contribution is -2.45. The molecule has 0 aliphatic carbocycles. The molecule has 0 bridgehead atoms. The van der Waals surface area contributed by atoms with Crippen molar-refractivity contribution >= 4 is 29.1 Å². The van der Waals surface area contributed by atoms with Crippen molar-refractivity contribution in [3.05, 3.63) is 23.8 Å². The fraction of sp³-hybridized carbons (Fsp3) is 0.545. The Morgan fingerprint density at radius 2 is 2.03 bits per heavy atom. The van der Waals surface area contributed by atoms with Crippen LogP contribution in [0.1, 0.15) is 37.7 Å². The van der Waals surface area contributed by atoms with E-state index in [-0.39, 0.29) is 24.3 Å². The summed E-state index contributed by atoms with van der Waals surface area (Å²) in [7, 11) is 0. The van der Waals surface area contributed by atoms with Crippen LogP contribution in [0.5, 0.6) is 0 Å². The first kappa shape index (κ1) is 21.0. The van der Waals surface area contributed by atoms with Gasteiger partial charge in [-0.1, -0.05) is 6.07 Å². The molecule has 0 saturated carbocycles. The molecule has 1 unspecified atom stereocenters. The summed E-state index contributed by atoms with van der Waals surface area (Å²) in [6.45, 7) is 3.14. The Morgan fingerprint density at radius 3 is 2.84 bits per heavy atom. The zero-order chi connectivity index (χ0) is 21.6. The second-order valence-corrected chi connectivity index (χ2v) is 8.25. The largest absolute Gasteiger partial charge is 0.384 e. The molecule has 1 aromatic carbocycles. The van der Waals surface area contributed by atoms with Gasteiger partial charge in [0.1, 0.15) is 6.04 Å². The average Bonchev–Trinajstić information content (AvgIpc) is 3.43. The number of nitrogens with zero attached hydrogens (tertiary/aromatic N) is 4. The van der Waals surface area contributed by atoms with Crippen molar-refractivity contribution in [2.24, 2.45) is 4.99 Å². The summed E-state index contributed by atoms with van der Waals surface area (Å²) in [6.07, 6.45) is 7.23. The topological polar surface area (TPSA) is 113 Å². The summed E-state index contributed by atoms with van der Waals surface area (Å²) in [5, 5.41) is 18.2. The van der Waals surface area contributed by atoms with Crippen LogP contribution in [0.2, 0.25) is 0 Å². The minimum Gasteiger partial charge on any atom is -0.384 e. The summed E-state index contributed by atoms with van der Waals surface area (Å²) in [5.41, 5.74) is 3.12. The molecule has 3 aliphatic rings. The van der Waals surface area contributed by atoms with E-state index in [2.05, 4.69) is 20.9 Å². The van der Waals surface area contributed by atoms with Crippen LogP contribution in [0, 0.1) is 11.5 Å². The van der Waals surface area contributed by atoms with Gasteiger partial charge in [-0.05, 0) is 56.2 Å². The number of aliphatic imine (C=N–C) groups is 1. The van der Waals surface area contributed by atoms with E-state index in [1.807, 2.05) is 29.3 Å². The van der Waals surface area contributed by atoms with E-state index in [0.29, 0.717) is 13.0 Å². The number of nitrogens with one attached hydrogen (secondary N) is 3. The van der Waals surface area contributed by atoms with Gasteiger partial charge in [-0.2, -0.15) is 5.26 Å². The highest BCUT2D eigenvalue weighted by atomic mass is 16.2. The zero-order valence-electron chi connectivity index (χ0n) is 17.7. The van der Waals surface area contributed by atoms with Crippen molar-refractivity contribution in [2.45, 2.75) is 44.6 Å². The second kappa shape index (κ2) is 9.69. The van der Waals surface area contributed by atoms with Crippen LogP contribution in [0.15, 0.2) is 23.2 Å². The Labute approximate surface area is 182 Å². The third-order valence-corrected chi connectivity index (χ3v) is 6.08. The highest BCUT2D eigenvalue weighted by molar-refractivity contribution is 5.97. The molecule has 2 fully saturated rings. The molecule has 31 heavy (non-hydrogen) atoms. The van der Waals surface area contributed by atoms with E-state index >= 15 is 0 Å². The van der Waals surface area contributed by atoms with Gasteiger partial charge in [-0.3, -0.25) is 14.9 Å². The predicted molar refractivity (Wildman–Crippen MR) is 118 cm³/mol. The SMILES string of the molecule is N#CNC(=NC1CCCCN(CC(=O)N2CCCC2)C1=O)Nc1ccc2c(c1)NCC2. The van der Waals surface area contributed by atoms with Crippen molar-refractivity contribution in [1.82, 2.24) is 15.1 Å². The summed E-state index contributed by atoms with van der Waals surface area (Å²) >= 11 is 0. The van der Waals surface area contributed by atoms with Crippen molar-refractivity contribution < 1.29 is 9.59 Å². The number of nitriles is 1. The third kappa shape index (κ3) is 5.08. The molecule has 3 N–H and O–H groups in total. The second-order valence-electron chi connectivity index (χ2n) is 8.25. The van der Waals surface area contributed by atoms with Crippen molar-refractivity contribution in [2.75, 3.05) is 43.4 Å². The number of hydrogen-bond acceptors (Lipinski definition) is 5. The van der Waals surface area contributed by atoms with Crippen LogP contribution >= 0.6 is 0 Å². The van der Waals surface area contributed by atoms with Gasteiger partial charge < -0.3 is 20.4 Å². The van der Waals surface area contributed by atoms with Crippen molar-refractivity contribution in [3.8, 4) is 6.19 Å². The number of fused-ring (bicyclic) bond motifs is 1. The van der Waals surface area contributed by atoms with Crippen LogP contribution in [0.3, 0.4) is 0 Å². The summed E-state index contributed by atoms with van der Waals surface area (Å²) < 4.78 is 0. The van der Waals surface area contributed by atoms with Gasteiger partial charge in [-0.25, -0.2) is 4.99 Å². The van der Waals surface area contributed by atoms with Gasteiger partial charge >= 0.3 is 0 Å². The Morgan fingerprint density at radius 1 is 1.23 bits per heavy atom. The van der Waals surface area contributed by atoms with E-state index < -0.39 is 6.04 Å². The molecule has 9 nitrogen and oxygen atoms in total. The number of likely N-dealkylation sites (tertiary alicyclic amines) is 2. The van der Waals surface area contributed by atoms with Gasteiger partial charge in [0.2, 0.25) is 17.8 Å². The minimum atomic E-state index is -0.621. The number of amides is 2. The van der Waals surface area contributed by atoms with Crippen molar-refractivity contribution in [3.63, 3.8) is 0 Å². The van der Waals surface area contributed by atoms with E-state index in [9.17, 15) is 14.9 Å². The van der Waals surface area contributed by atoms with E-state index in [1.54, 1.807) is 4.90 Å². The molecular formula is C22H29N7O2. The normalized spacial score (nSPS) is 21.2. The minimum absolute atomic E-state index is 0.00891. The Kier molecular flexibility index (Phi) is 6.55. The zero-order valence-corrected chi connectivity index (χ0v) is 17.7. The van der Waals surface area contributed by atoms with Gasteiger partial charge in [0.15, 0.2) is 6.19 Å². The van der Waals surface area contributed by atoms with Gasteiger partial charge in [-0.15, -0.1) is 0 Å². The molecule has 9 heteroatoms. The molecule has 2 saturated heterocycles. The third-order valence-electron chi connectivity index (χ3n) is 6.08. The lowest BCUT2D eigenvalue weighted by molar-refractivity contribution is -0.140. The Hall–Kier alpha value is -3.28. The lowest BCUT2D eigenvalue weighted by atomic mass is 10.1. The Bertz CT molecular complexity index is 902. The molecule has 0 spiro atoms. The molecule has 3 heterocycles. The summed E-state index contributed by atoms with van der Waals surface area (Å²) in [5.74, 6) is 0.0980. The number of rotatable bonds is 4. The van der Waals surface area contributed by atoms with E-state index in [1.165, 1.54) is 5.56 Å². The maximum atomic E-state index is 13.1. The van der Waals surface area contributed by atoms with Crippen LogP contribution in [-0.2, 0) is 16.0 Å². The fourth-order valence-corrected chi connectivity index (χ4v) is 4.40. The van der Waals surface area contributed by atoms with Crippen LogP contribution in [-0.4, -0.2) is 66.3 Å². The molecule has 0 aromatic heterocycles. The van der Waals surface area contributed by atoms with Gasteiger partial charge in [0, 0.05) is 37.6 Å². The number of hydrogen-bond donors (Lipinski definition) is 3. The number of anilines is 2. The molecule has 1 aromatic rings. The van der Waals surface area contributed by atoms with Gasteiger partial charge in [0.05, 0.1) is 6.54 Å². The fourth-order valence-electron chi connectivity index (χ4n) is 4.40. The molecule has 3 aliphatic heterocycles. The molecular weight excluding hydrogens is 394 g/mol. The van der Waals surface area contributed by atoms with E-state index in [4.69, 9.17) is 0 Å². The van der Waals surface area contributed by atoms with Crippen molar-refractivity contribution in [1.29, 1.82) is 5.26 Å². The first-order valence-corrected chi connectivity index (χ1v) is 11.1. The Balaban J connectivity index is 1.47. The first-order chi connectivity index (χ1) is 15.1. The van der Waals surface area contributed by atoms with Gasteiger partial charge in [0.25, 0.3) is 0 Å². The van der Waals surface area contributed by atoms with Crippen LogP contribution in [0.25, 0.3) is 0 Å². The highest BCUT2D eigenvalue weighted by Gasteiger charge is 2.30. The number of carbonyl (C=O) groups is 2. The molecule has 1 atom stereocenters. The maximum absolute atomic E-state index is 13.1. The predicted octanol–water partition coefficient (Wildman–Crippen LogP) is 1.50. The summed E-state index contributed by atoms with van der Waals surface area (Å²) in [4.78, 5) is 33.7. The quantitative estimate of drug-likeness (QED) is 0.293. The number of benzene rings is 1. The first-order valence-electron chi connectivity index (χ1n) is 11.1. The molecule has 4 rings (SSSR count). The summed E-state index contributed by atoms with van der Waals surface area (Å²) in [6, 6.07) is 5.35. The lowest BCUT2D eigenvalue weighted by Gasteiger charge is -2.25. The van der Waals surface area contributed by atoms with E-state index in [0.717, 1.165) is 63.1 Å².